The Morgan fingerprint density at radius 3 is 2.68 bits per heavy atom. The van der Waals surface area contributed by atoms with Crippen LogP contribution in [0.2, 0.25) is 0 Å². The van der Waals surface area contributed by atoms with Crippen LogP contribution in [0.4, 0.5) is 10.5 Å². The molecule has 0 spiro atoms. The zero-order valence-corrected chi connectivity index (χ0v) is 21.6. The summed E-state index contributed by atoms with van der Waals surface area (Å²) in [6, 6.07) is 8.85. The van der Waals surface area contributed by atoms with E-state index in [1.165, 1.54) is 31.2 Å². The van der Waals surface area contributed by atoms with Gasteiger partial charge < -0.3 is 9.64 Å². The zero-order valence-electron chi connectivity index (χ0n) is 21.6. The maximum Gasteiger partial charge on any atom is 0.411 e. The topological polar surface area (TPSA) is 58.6 Å². The van der Waals surface area contributed by atoms with Crippen molar-refractivity contribution in [3.63, 3.8) is 0 Å². The van der Waals surface area contributed by atoms with Crippen molar-refractivity contribution in [1.29, 1.82) is 0 Å². The lowest BCUT2D eigenvalue weighted by Gasteiger charge is -2.63. The van der Waals surface area contributed by atoms with Gasteiger partial charge in [-0.15, -0.1) is 0 Å². The van der Waals surface area contributed by atoms with Crippen molar-refractivity contribution in [2.75, 3.05) is 19.0 Å². The lowest BCUT2D eigenvalue weighted by Crippen LogP contribution is -2.63. The van der Waals surface area contributed by atoms with E-state index in [0.717, 1.165) is 30.4 Å². The Morgan fingerprint density at radius 2 is 1.91 bits per heavy atom. The van der Waals surface area contributed by atoms with Crippen LogP contribution in [0.25, 0.3) is 0 Å². The van der Waals surface area contributed by atoms with Crippen molar-refractivity contribution in [2.24, 2.45) is 34.5 Å². The molecule has 5 rings (SSSR count). The predicted molar refractivity (Wildman–Crippen MR) is 135 cm³/mol. The molecule has 1 N–H and O–H groups in total. The Hall–Kier alpha value is -2.04. The maximum atomic E-state index is 12.5. The van der Waals surface area contributed by atoms with Gasteiger partial charge in [-0.3, -0.25) is 10.1 Å². The molecule has 2 amide bonds. The van der Waals surface area contributed by atoms with Gasteiger partial charge in [0.2, 0.25) is 5.91 Å². The smallest absolute Gasteiger partial charge is 0.411 e. The number of rotatable bonds is 3. The fourth-order valence-corrected chi connectivity index (χ4v) is 9.13. The molecule has 3 saturated carbocycles. The van der Waals surface area contributed by atoms with Crippen molar-refractivity contribution in [3.05, 3.63) is 29.8 Å². The maximum absolute atomic E-state index is 12.5. The molecule has 0 unspecified atom stereocenters. The first-order valence-electron chi connectivity index (χ1n) is 13.5. The summed E-state index contributed by atoms with van der Waals surface area (Å²) in [4.78, 5) is 26.6. The minimum absolute atomic E-state index is 0.253. The molecular weight excluding hydrogens is 424 g/mol. The first kappa shape index (κ1) is 23.7. The van der Waals surface area contributed by atoms with Crippen molar-refractivity contribution in [3.8, 4) is 0 Å². The van der Waals surface area contributed by atoms with Crippen molar-refractivity contribution >= 4 is 17.7 Å². The van der Waals surface area contributed by atoms with E-state index < -0.39 is 0 Å². The first-order chi connectivity index (χ1) is 16.2. The third kappa shape index (κ3) is 3.56. The SMILES string of the molecule is CCOC(=O)Nc1cccc([C@H]2CC[C@H]3[C@@H]4[C@@H](C)C[C@H]5N(C)C(=O)CC[C@]5(C)[C@H]4CC[C@]23C)c1. The summed E-state index contributed by atoms with van der Waals surface area (Å²) in [5, 5.41) is 2.89. The van der Waals surface area contributed by atoms with Crippen LogP contribution in [0, 0.1) is 34.5 Å². The van der Waals surface area contributed by atoms with Crippen molar-refractivity contribution in [1.82, 2.24) is 4.90 Å². The Labute approximate surface area is 205 Å². The van der Waals surface area contributed by atoms with Gasteiger partial charge in [0.15, 0.2) is 0 Å². The first-order valence-corrected chi connectivity index (χ1v) is 13.5. The van der Waals surface area contributed by atoms with Crippen LogP contribution in [0.15, 0.2) is 24.3 Å². The van der Waals surface area contributed by atoms with Crippen LogP contribution in [0.1, 0.15) is 84.1 Å². The highest BCUT2D eigenvalue weighted by Gasteiger charge is 2.62. The quantitative estimate of drug-likeness (QED) is 0.557. The van der Waals surface area contributed by atoms with E-state index in [-0.39, 0.29) is 16.9 Å². The Kier molecular flexibility index (Phi) is 5.97. The summed E-state index contributed by atoms with van der Waals surface area (Å²) in [5.74, 6) is 3.70. The van der Waals surface area contributed by atoms with Gasteiger partial charge in [0.1, 0.15) is 0 Å². The predicted octanol–water partition coefficient (Wildman–Crippen LogP) is 6.45. The number of carbonyl (C=O) groups excluding carboxylic acids is 2. The number of ether oxygens (including phenoxy) is 1. The number of piperidine rings is 1. The number of nitrogens with one attached hydrogen (secondary N) is 1. The van der Waals surface area contributed by atoms with E-state index in [1.54, 1.807) is 0 Å². The number of likely N-dealkylation sites (tertiary alicyclic amines) is 1. The standard InChI is InChI=1S/C29H42N2O3/c1-6-34-27(33)30-20-9-7-8-19(17-20)21-10-11-22-26-18(2)16-24-29(4,15-13-25(32)31(24)5)23(26)12-14-28(21,22)3/h7-9,17-18,21-24,26H,6,10-16H2,1-5H3,(H,30,33)/t18-,21+,22-,23-,24+,26-,28+,29+/m0/s1. The van der Waals surface area contributed by atoms with Crippen LogP contribution in [-0.4, -0.2) is 36.6 Å². The monoisotopic (exact) mass is 466 g/mol. The van der Waals surface area contributed by atoms with Crippen LogP contribution in [0.3, 0.4) is 0 Å². The molecule has 1 saturated heterocycles. The van der Waals surface area contributed by atoms with Gasteiger partial charge in [-0.2, -0.15) is 0 Å². The fraction of sp³-hybridized carbons (Fsp3) is 0.724. The van der Waals surface area contributed by atoms with Crippen molar-refractivity contribution in [2.45, 2.75) is 84.6 Å². The number of amides is 2. The third-order valence-electron chi connectivity index (χ3n) is 10.7. The normalized spacial score (nSPS) is 41.3. The molecule has 3 aliphatic carbocycles. The van der Waals surface area contributed by atoms with Gasteiger partial charge in [-0.25, -0.2) is 4.79 Å². The van der Waals surface area contributed by atoms with E-state index >= 15 is 0 Å². The van der Waals surface area contributed by atoms with E-state index in [0.29, 0.717) is 42.7 Å². The molecule has 0 bridgehead atoms. The zero-order chi connectivity index (χ0) is 24.3. The van der Waals surface area contributed by atoms with Crippen LogP contribution in [0.5, 0.6) is 0 Å². The average Bonchev–Trinajstić information content (AvgIpc) is 3.15. The number of anilines is 1. The molecule has 34 heavy (non-hydrogen) atoms. The molecule has 0 aromatic heterocycles. The number of hydrogen-bond acceptors (Lipinski definition) is 3. The summed E-state index contributed by atoms with van der Waals surface area (Å²) in [7, 11) is 2.05. The van der Waals surface area contributed by atoms with E-state index in [1.807, 2.05) is 20.0 Å². The third-order valence-corrected chi connectivity index (χ3v) is 10.7. The summed E-state index contributed by atoms with van der Waals surface area (Å²) >= 11 is 0. The van der Waals surface area contributed by atoms with Gasteiger partial charge >= 0.3 is 6.09 Å². The lowest BCUT2D eigenvalue weighted by atomic mass is 9.44. The molecule has 8 atom stereocenters. The number of nitrogens with zero attached hydrogens (tertiary/aromatic N) is 1. The van der Waals surface area contributed by atoms with Gasteiger partial charge in [-0.1, -0.05) is 32.9 Å². The van der Waals surface area contributed by atoms with E-state index in [2.05, 4.69) is 49.2 Å². The summed E-state index contributed by atoms with van der Waals surface area (Å²) in [6.07, 6.45) is 7.58. The van der Waals surface area contributed by atoms with Gasteiger partial charge in [0, 0.05) is 25.2 Å². The van der Waals surface area contributed by atoms with E-state index in [9.17, 15) is 9.59 Å². The highest BCUT2D eigenvalue weighted by Crippen LogP contribution is 2.69. The highest BCUT2D eigenvalue weighted by molar-refractivity contribution is 5.84. The molecule has 1 aliphatic heterocycles. The number of fused-ring (bicyclic) bond motifs is 5. The van der Waals surface area contributed by atoms with E-state index in [4.69, 9.17) is 4.74 Å². The second kappa shape index (κ2) is 8.57. The Bertz CT molecular complexity index is 962. The highest BCUT2D eigenvalue weighted by atomic mass is 16.5. The Balaban J connectivity index is 1.41. The van der Waals surface area contributed by atoms with Crippen LogP contribution in [-0.2, 0) is 9.53 Å². The van der Waals surface area contributed by atoms with Gasteiger partial charge in [0.25, 0.3) is 0 Å². The molecule has 1 aromatic rings. The van der Waals surface area contributed by atoms with Gasteiger partial charge in [0.05, 0.1) is 6.61 Å². The summed E-state index contributed by atoms with van der Waals surface area (Å²) in [6.45, 7) is 9.72. The molecular formula is C29H42N2O3. The molecule has 4 fully saturated rings. The second-order valence-electron chi connectivity index (χ2n) is 12.2. The number of benzene rings is 1. The summed E-state index contributed by atoms with van der Waals surface area (Å²) in [5.41, 5.74) is 2.72. The lowest BCUT2D eigenvalue weighted by molar-refractivity contribution is -0.165. The largest absolute Gasteiger partial charge is 0.450 e. The summed E-state index contributed by atoms with van der Waals surface area (Å²) < 4.78 is 5.08. The molecule has 1 aromatic carbocycles. The van der Waals surface area contributed by atoms with Gasteiger partial charge in [-0.05, 0) is 104 Å². The average molecular weight is 467 g/mol. The number of hydrogen-bond donors (Lipinski definition) is 1. The van der Waals surface area contributed by atoms with Crippen LogP contribution >= 0.6 is 0 Å². The minimum atomic E-state index is -0.384. The molecule has 0 radical (unpaired) electrons. The molecule has 5 heteroatoms. The molecule has 4 aliphatic rings. The second-order valence-corrected chi connectivity index (χ2v) is 12.2. The molecule has 186 valence electrons. The molecule has 1 heterocycles. The molecule has 5 nitrogen and oxygen atoms in total. The fourth-order valence-electron chi connectivity index (χ4n) is 9.13. The minimum Gasteiger partial charge on any atom is -0.450 e. The van der Waals surface area contributed by atoms with Crippen LogP contribution < -0.4 is 5.32 Å². The Morgan fingerprint density at radius 1 is 1.15 bits per heavy atom. The van der Waals surface area contributed by atoms with Crippen molar-refractivity contribution < 1.29 is 14.3 Å². The number of carbonyl (C=O) groups is 2.